The van der Waals surface area contributed by atoms with Gasteiger partial charge in [0, 0.05) is 11.6 Å². The van der Waals surface area contributed by atoms with Gasteiger partial charge in [0.15, 0.2) is 0 Å². The van der Waals surface area contributed by atoms with Gasteiger partial charge in [-0.1, -0.05) is 23.7 Å². The second-order valence-electron chi connectivity index (χ2n) is 6.09. The Hall–Kier alpha value is -0.570. The van der Waals surface area contributed by atoms with E-state index in [-0.39, 0.29) is 5.60 Å². The number of hydrogen-bond donors (Lipinski definition) is 1. The molecular weight excluding hydrogens is 260 g/mol. The monoisotopic (exact) mass is 280 g/mol. The van der Waals surface area contributed by atoms with Gasteiger partial charge in [-0.2, -0.15) is 0 Å². The molecule has 1 spiro atoms. The van der Waals surface area contributed by atoms with Crippen LogP contribution in [0.5, 0.6) is 0 Å². The lowest BCUT2D eigenvalue weighted by Gasteiger charge is -2.48. The Bertz CT molecular complexity index is 468. The smallest absolute Gasteiger partial charge is 0.0820 e. The van der Waals surface area contributed by atoms with Crippen LogP contribution < -0.4 is 0 Å². The maximum Gasteiger partial charge on any atom is 0.0820 e. The lowest BCUT2D eigenvalue weighted by molar-refractivity contribution is -0.157. The zero-order chi connectivity index (χ0) is 13.5. The molecule has 19 heavy (non-hydrogen) atoms. The molecule has 2 aliphatic rings. The van der Waals surface area contributed by atoms with Crippen LogP contribution in [0.1, 0.15) is 49.3 Å². The van der Waals surface area contributed by atoms with E-state index in [9.17, 15) is 5.11 Å². The standard InChI is InChI=1S/C16H21ClO2/c1-11-9-12(3-4-14(11)17)15(18)13-5-8-19-16(10-13)6-2-7-16/h3-4,9,13,15,18H,2,5-8,10H2,1H3. The highest BCUT2D eigenvalue weighted by Crippen LogP contribution is 2.47. The highest BCUT2D eigenvalue weighted by molar-refractivity contribution is 6.31. The number of hydrogen-bond acceptors (Lipinski definition) is 2. The SMILES string of the molecule is Cc1cc(C(O)C2CCOC3(CCC3)C2)ccc1Cl. The molecule has 1 aliphatic heterocycles. The van der Waals surface area contributed by atoms with Gasteiger partial charge in [-0.05, 0) is 62.1 Å². The molecule has 1 saturated carbocycles. The van der Waals surface area contributed by atoms with Gasteiger partial charge in [0.05, 0.1) is 11.7 Å². The van der Waals surface area contributed by atoms with Crippen LogP contribution in [0.25, 0.3) is 0 Å². The van der Waals surface area contributed by atoms with Gasteiger partial charge in [-0.3, -0.25) is 0 Å². The van der Waals surface area contributed by atoms with Crippen molar-refractivity contribution < 1.29 is 9.84 Å². The van der Waals surface area contributed by atoms with E-state index in [4.69, 9.17) is 16.3 Å². The minimum atomic E-state index is -0.391. The summed E-state index contributed by atoms with van der Waals surface area (Å²) in [6.45, 7) is 2.77. The molecule has 3 heteroatoms. The Balaban J connectivity index is 1.75. The third-order valence-electron chi connectivity index (χ3n) is 4.77. The molecule has 1 heterocycles. The van der Waals surface area contributed by atoms with E-state index in [2.05, 4.69) is 0 Å². The number of halogens is 1. The average molecular weight is 281 g/mol. The molecule has 1 aliphatic carbocycles. The van der Waals surface area contributed by atoms with Crippen LogP contribution >= 0.6 is 11.6 Å². The molecule has 2 nitrogen and oxygen atoms in total. The van der Waals surface area contributed by atoms with Crippen LogP contribution in [0.2, 0.25) is 5.02 Å². The van der Waals surface area contributed by atoms with E-state index < -0.39 is 6.10 Å². The summed E-state index contributed by atoms with van der Waals surface area (Å²) in [4.78, 5) is 0. The zero-order valence-electron chi connectivity index (χ0n) is 11.4. The fourth-order valence-corrected chi connectivity index (χ4v) is 3.50. The summed E-state index contributed by atoms with van der Waals surface area (Å²) in [5.41, 5.74) is 2.11. The van der Waals surface area contributed by atoms with Crippen molar-refractivity contribution in [1.82, 2.24) is 0 Å². The highest BCUT2D eigenvalue weighted by Gasteiger charge is 2.44. The molecule has 2 fully saturated rings. The molecule has 0 radical (unpaired) electrons. The molecule has 1 N–H and O–H groups in total. The van der Waals surface area contributed by atoms with Gasteiger partial charge < -0.3 is 9.84 Å². The lowest BCUT2D eigenvalue weighted by atomic mass is 9.70. The van der Waals surface area contributed by atoms with Crippen molar-refractivity contribution in [2.45, 2.75) is 50.7 Å². The lowest BCUT2D eigenvalue weighted by Crippen LogP contribution is -2.46. The summed E-state index contributed by atoms with van der Waals surface area (Å²) in [6.07, 6.45) is 5.15. The van der Waals surface area contributed by atoms with Gasteiger partial charge >= 0.3 is 0 Å². The van der Waals surface area contributed by atoms with Crippen molar-refractivity contribution in [1.29, 1.82) is 0 Å². The number of aryl methyl sites for hydroxylation is 1. The minimum Gasteiger partial charge on any atom is -0.388 e. The van der Waals surface area contributed by atoms with E-state index in [1.54, 1.807) is 0 Å². The Morgan fingerprint density at radius 2 is 2.21 bits per heavy atom. The number of aliphatic hydroxyl groups excluding tert-OH is 1. The maximum absolute atomic E-state index is 10.6. The van der Waals surface area contributed by atoms with Gasteiger partial charge in [0.25, 0.3) is 0 Å². The first-order chi connectivity index (χ1) is 9.10. The normalized spacial score (nSPS) is 27.0. The van der Waals surface area contributed by atoms with Crippen molar-refractivity contribution in [3.63, 3.8) is 0 Å². The largest absolute Gasteiger partial charge is 0.388 e. The summed E-state index contributed by atoms with van der Waals surface area (Å²) in [5, 5.41) is 11.4. The minimum absolute atomic E-state index is 0.0887. The number of ether oxygens (including phenoxy) is 1. The third kappa shape index (κ3) is 2.54. The van der Waals surface area contributed by atoms with Crippen LogP contribution in [0.15, 0.2) is 18.2 Å². The van der Waals surface area contributed by atoms with Crippen LogP contribution in [0, 0.1) is 12.8 Å². The quantitative estimate of drug-likeness (QED) is 0.886. The molecule has 0 amide bonds. The summed E-state index contributed by atoms with van der Waals surface area (Å²) in [6, 6.07) is 5.84. The van der Waals surface area contributed by atoms with Crippen LogP contribution in [0.4, 0.5) is 0 Å². The Morgan fingerprint density at radius 3 is 2.84 bits per heavy atom. The van der Waals surface area contributed by atoms with Crippen molar-refractivity contribution in [2.75, 3.05) is 6.61 Å². The molecule has 3 rings (SSSR count). The fourth-order valence-electron chi connectivity index (χ4n) is 3.38. The highest BCUT2D eigenvalue weighted by atomic mass is 35.5. The van der Waals surface area contributed by atoms with Crippen molar-refractivity contribution in [3.8, 4) is 0 Å². The second-order valence-corrected chi connectivity index (χ2v) is 6.50. The molecular formula is C16H21ClO2. The van der Waals surface area contributed by atoms with E-state index >= 15 is 0 Å². The van der Waals surface area contributed by atoms with Crippen LogP contribution in [0.3, 0.4) is 0 Å². The number of rotatable bonds is 2. The summed E-state index contributed by atoms with van der Waals surface area (Å²) in [7, 11) is 0. The predicted molar refractivity (Wildman–Crippen MR) is 76.4 cm³/mol. The molecule has 2 atom stereocenters. The van der Waals surface area contributed by atoms with Crippen molar-refractivity contribution >= 4 is 11.6 Å². The predicted octanol–water partition coefficient (Wildman–Crippen LogP) is 4.03. The first kappa shape index (κ1) is 13.4. The van der Waals surface area contributed by atoms with Crippen LogP contribution in [-0.2, 0) is 4.74 Å². The summed E-state index contributed by atoms with van der Waals surface area (Å²) in [5.74, 6) is 0.314. The Morgan fingerprint density at radius 1 is 1.42 bits per heavy atom. The second kappa shape index (κ2) is 5.08. The molecule has 104 valence electrons. The summed E-state index contributed by atoms with van der Waals surface area (Å²) >= 11 is 6.05. The first-order valence-corrected chi connectivity index (χ1v) is 7.56. The Labute approximate surface area is 119 Å². The molecule has 1 aromatic rings. The van der Waals surface area contributed by atoms with Gasteiger partial charge in [0.2, 0.25) is 0 Å². The first-order valence-electron chi connectivity index (χ1n) is 7.18. The van der Waals surface area contributed by atoms with Crippen molar-refractivity contribution in [2.24, 2.45) is 5.92 Å². The maximum atomic E-state index is 10.6. The van der Waals surface area contributed by atoms with Crippen LogP contribution in [-0.4, -0.2) is 17.3 Å². The number of aliphatic hydroxyl groups is 1. The molecule has 0 aromatic heterocycles. The van der Waals surface area contributed by atoms with Gasteiger partial charge in [-0.25, -0.2) is 0 Å². The van der Waals surface area contributed by atoms with E-state index in [0.29, 0.717) is 5.92 Å². The average Bonchev–Trinajstić information content (AvgIpc) is 2.39. The van der Waals surface area contributed by atoms with Gasteiger partial charge in [-0.15, -0.1) is 0 Å². The number of benzene rings is 1. The molecule has 2 unspecified atom stereocenters. The van der Waals surface area contributed by atoms with Crippen molar-refractivity contribution in [3.05, 3.63) is 34.3 Å². The summed E-state index contributed by atoms with van der Waals surface area (Å²) < 4.78 is 5.93. The Kier molecular flexibility index (Phi) is 3.59. The molecule has 0 bridgehead atoms. The topological polar surface area (TPSA) is 29.5 Å². The third-order valence-corrected chi connectivity index (χ3v) is 5.19. The van der Waals surface area contributed by atoms with E-state index in [1.165, 1.54) is 6.42 Å². The zero-order valence-corrected chi connectivity index (χ0v) is 12.1. The molecule has 1 aromatic carbocycles. The van der Waals surface area contributed by atoms with E-state index in [0.717, 1.165) is 48.4 Å². The molecule has 1 saturated heterocycles. The van der Waals surface area contributed by atoms with Gasteiger partial charge in [0.1, 0.15) is 0 Å². The fraction of sp³-hybridized carbons (Fsp3) is 0.625. The van der Waals surface area contributed by atoms with E-state index in [1.807, 2.05) is 25.1 Å².